The molecule has 4 amide bonds. The van der Waals surface area contributed by atoms with Gasteiger partial charge in [-0.15, -0.1) is 0 Å². The van der Waals surface area contributed by atoms with Crippen LogP contribution in [0, 0.1) is 19.8 Å². The van der Waals surface area contributed by atoms with Crippen LogP contribution in [0.5, 0.6) is 11.5 Å². The number of primary amides is 1. The van der Waals surface area contributed by atoms with Crippen LogP contribution in [0.3, 0.4) is 0 Å². The van der Waals surface area contributed by atoms with Crippen molar-refractivity contribution in [2.75, 3.05) is 37.9 Å². The van der Waals surface area contributed by atoms with Gasteiger partial charge in [0.15, 0.2) is 0 Å². The Morgan fingerprint density at radius 1 is 0.812 bits per heavy atom. The number of carbonyl (C=O) groups is 5. The highest BCUT2D eigenvalue weighted by molar-refractivity contribution is 6.05. The summed E-state index contributed by atoms with van der Waals surface area (Å²) in [4.78, 5) is 75.8. The smallest absolute Gasteiger partial charge is 0.276 e. The number of nitrogens with zero attached hydrogens (tertiary/aromatic N) is 9. The molecular weight excluding hydrogens is 821 g/mol. The Bertz CT molecular complexity index is 2740. The van der Waals surface area contributed by atoms with E-state index < -0.39 is 17.7 Å². The van der Waals surface area contributed by atoms with Crippen LogP contribution in [0.2, 0.25) is 0 Å². The topological polar surface area (TPSA) is 228 Å². The molecule has 4 N–H and O–H groups in total. The maximum absolute atomic E-state index is 13.8. The van der Waals surface area contributed by atoms with Crippen molar-refractivity contribution in [1.82, 2.24) is 43.6 Å². The number of aromatic nitrogens is 8. The second-order valence-corrected chi connectivity index (χ2v) is 15.6. The Kier molecular flexibility index (Phi) is 14.6. The van der Waals surface area contributed by atoms with Crippen molar-refractivity contribution in [1.29, 1.82) is 0 Å². The largest absolute Gasteiger partial charge is 0.494 e. The van der Waals surface area contributed by atoms with Gasteiger partial charge in [-0.1, -0.05) is 32.4 Å². The van der Waals surface area contributed by atoms with E-state index in [1.165, 1.54) is 19.2 Å². The molecule has 4 heterocycles. The fourth-order valence-electron chi connectivity index (χ4n) is 7.34. The molecule has 1 atom stereocenters. The van der Waals surface area contributed by atoms with Crippen molar-refractivity contribution in [3.8, 4) is 11.5 Å². The number of amides is 4. The van der Waals surface area contributed by atoms with Crippen LogP contribution in [0.4, 0.5) is 11.9 Å². The molecule has 64 heavy (non-hydrogen) atoms. The van der Waals surface area contributed by atoms with Crippen molar-refractivity contribution in [2.45, 2.75) is 87.0 Å². The molecule has 1 unspecified atom stereocenters. The zero-order chi connectivity index (χ0) is 46.2. The van der Waals surface area contributed by atoms with Crippen molar-refractivity contribution >= 4 is 63.9 Å². The first kappa shape index (κ1) is 46.2. The number of nitrogens with one attached hydrogen (secondary N) is 2. The van der Waals surface area contributed by atoms with Gasteiger partial charge in [0.05, 0.1) is 36.1 Å². The Hall–Kier alpha value is -7.31. The van der Waals surface area contributed by atoms with E-state index in [-0.39, 0.29) is 49.0 Å². The SMILES string of the molecule is CCC(C)CC(=O)N(C)CCCOc1cc(C=O)cc2nc(NC(=O)c3cc(C)nn3CC)n(C/C=C/Cn3c(NC(=O)c4cc(C)nn4CC)nc4cc(C(N)=O)cc(OC)c43)c12. The number of aldehydes is 1. The minimum atomic E-state index is -0.671. The van der Waals surface area contributed by atoms with Crippen molar-refractivity contribution < 1.29 is 33.4 Å². The average molecular weight is 877 g/mol. The van der Waals surface area contributed by atoms with Gasteiger partial charge in [-0.2, -0.15) is 10.2 Å². The number of aryl methyl sites for hydroxylation is 4. The normalized spacial score (nSPS) is 11.9. The predicted molar refractivity (Wildman–Crippen MR) is 242 cm³/mol. The molecule has 6 rings (SSSR count). The molecule has 19 heteroatoms. The summed E-state index contributed by atoms with van der Waals surface area (Å²) < 4.78 is 18.8. The minimum absolute atomic E-state index is 0.0654. The number of nitrogens with two attached hydrogens (primary N) is 1. The quantitative estimate of drug-likeness (QED) is 0.0446. The molecule has 4 aromatic heterocycles. The number of imidazole rings is 2. The van der Waals surface area contributed by atoms with Gasteiger partial charge in [0.1, 0.15) is 40.2 Å². The highest BCUT2D eigenvalue weighted by atomic mass is 16.5. The third-order valence-electron chi connectivity index (χ3n) is 10.9. The second-order valence-electron chi connectivity index (χ2n) is 15.6. The zero-order valence-corrected chi connectivity index (χ0v) is 37.6. The average Bonchev–Trinajstić information content (AvgIpc) is 4.05. The molecule has 0 spiro atoms. The van der Waals surface area contributed by atoms with Gasteiger partial charge in [0.25, 0.3) is 11.8 Å². The maximum Gasteiger partial charge on any atom is 0.276 e. The number of rotatable bonds is 21. The number of fused-ring (bicyclic) bond motifs is 2. The van der Waals surface area contributed by atoms with Crippen LogP contribution in [-0.4, -0.2) is 101 Å². The standard InChI is InChI=1S/C45H56N12O7/c1-9-27(4)19-38(59)53(7)15-14-18-64-37-23-30(26-58)22-32-40(37)55(44(47-32)49-42(61)34-20-28(5)51-56(34)10-2)17-13-12-16-54-39-33(24-31(41(46)60)25-36(39)63-8)48-45(54)50-43(62)35-21-29(6)52-57(35)11-3/h12-13,20-27H,9-11,14-19H2,1-8H3,(H2,46,60)(H,47,49,61)(H,48,50,62)/b13-12+. The van der Waals surface area contributed by atoms with Crippen LogP contribution in [0.1, 0.15) is 100 Å². The van der Waals surface area contributed by atoms with E-state index in [9.17, 15) is 24.0 Å². The second kappa shape index (κ2) is 20.3. The summed E-state index contributed by atoms with van der Waals surface area (Å²) in [7, 11) is 3.24. The molecule has 6 aromatic rings. The van der Waals surface area contributed by atoms with Gasteiger partial charge >= 0.3 is 0 Å². The molecule has 0 aliphatic heterocycles. The molecule has 0 saturated heterocycles. The fraction of sp³-hybridized carbons (Fsp3) is 0.400. The van der Waals surface area contributed by atoms with E-state index in [0.717, 1.165) is 6.42 Å². The minimum Gasteiger partial charge on any atom is -0.494 e. The first-order valence-corrected chi connectivity index (χ1v) is 21.3. The number of allylic oxidation sites excluding steroid dienone is 2. The summed E-state index contributed by atoms with van der Waals surface area (Å²) in [6.45, 7) is 13.5. The summed E-state index contributed by atoms with van der Waals surface area (Å²) >= 11 is 0. The Morgan fingerprint density at radius 3 is 1.86 bits per heavy atom. The van der Waals surface area contributed by atoms with Gasteiger partial charge in [-0.3, -0.25) is 44.0 Å². The summed E-state index contributed by atoms with van der Waals surface area (Å²) in [5.74, 6) is -0.135. The molecule has 0 aliphatic rings. The van der Waals surface area contributed by atoms with Gasteiger partial charge < -0.3 is 29.2 Å². The molecule has 19 nitrogen and oxygen atoms in total. The summed E-state index contributed by atoms with van der Waals surface area (Å²) in [6.07, 6.45) is 6.31. The number of methoxy groups -OCH3 is 1. The van der Waals surface area contributed by atoms with Crippen molar-refractivity contribution in [3.05, 3.63) is 82.5 Å². The number of anilines is 2. The first-order chi connectivity index (χ1) is 30.7. The van der Waals surface area contributed by atoms with E-state index in [1.54, 1.807) is 68.6 Å². The van der Waals surface area contributed by atoms with Crippen LogP contribution >= 0.6 is 0 Å². The lowest BCUT2D eigenvalue weighted by atomic mass is 10.0. The molecule has 0 radical (unpaired) electrons. The Morgan fingerprint density at radius 2 is 1.36 bits per heavy atom. The predicted octanol–water partition coefficient (Wildman–Crippen LogP) is 5.78. The zero-order valence-electron chi connectivity index (χ0n) is 37.6. The van der Waals surface area contributed by atoms with Crippen molar-refractivity contribution in [2.24, 2.45) is 11.7 Å². The third kappa shape index (κ3) is 10.1. The Balaban J connectivity index is 1.36. The molecular formula is C45H56N12O7. The van der Waals surface area contributed by atoms with Crippen LogP contribution < -0.4 is 25.8 Å². The number of hydrogen-bond donors (Lipinski definition) is 3. The molecule has 0 aliphatic carbocycles. The summed E-state index contributed by atoms with van der Waals surface area (Å²) in [6, 6.07) is 9.68. The van der Waals surface area contributed by atoms with Gasteiger partial charge in [-0.05, 0) is 76.4 Å². The maximum atomic E-state index is 13.8. The molecule has 2 aromatic carbocycles. The monoisotopic (exact) mass is 876 g/mol. The van der Waals surface area contributed by atoms with Crippen LogP contribution in [0.25, 0.3) is 22.1 Å². The highest BCUT2D eigenvalue weighted by Gasteiger charge is 2.23. The van der Waals surface area contributed by atoms with Crippen LogP contribution in [-0.2, 0) is 31.0 Å². The van der Waals surface area contributed by atoms with E-state index in [1.807, 2.05) is 26.0 Å². The number of hydrogen-bond acceptors (Lipinski definition) is 11. The summed E-state index contributed by atoms with van der Waals surface area (Å²) in [5.41, 5.74) is 9.99. The van der Waals surface area contributed by atoms with Crippen LogP contribution in [0.15, 0.2) is 48.6 Å². The molecule has 0 saturated carbocycles. The van der Waals surface area contributed by atoms with E-state index in [2.05, 4.69) is 34.7 Å². The fourth-order valence-corrected chi connectivity index (χ4v) is 7.34. The molecule has 338 valence electrons. The van der Waals surface area contributed by atoms with Gasteiger partial charge in [0, 0.05) is 57.3 Å². The lowest BCUT2D eigenvalue weighted by Gasteiger charge is -2.19. The van der Waals surface area contributed by atoms with E-state index >= 15 is 0 Å². The van der Waals surface area contributed by atoms with E-state index in [0.29, 0.717) is 101 Å². The molecule has 0 fully saturated rings. The van der Waals surface area contributed by atoms with Gasteiger partial charge in [0.2, 0.25) is 23.7 Å². The van der Waals surface area contributed by atoms with E-state index in [4.69, 9.17) is 25.2 Å². The Labute approximate surface area is 370 Å². The lowest BCUT2D eigenvalue weighted by Crippen LogP contribution is -2.29. The lowest BCUT2D eigenvalue weighted by molar-refractivity contribution is -0.130. The summed E-state index contributed by atoms with van der Waals surface area (Å²) in [5, 5.41) is 14.7. The number of carbonyl (C=O) groups excluding carboxylic acids is 5. The first-order valence-electron chi connectivity index (χ1n) is 21.3. The molecule has 0 bridgehead atoms. The van der Waals surface area contributed by atoms with Crippen molar-refractivity contribution in [3.63, 3.8) is 0 Å². The highest BCUT2D eigenvalue weighted by Crippen LogP contribution is 2.33. The third-order valence-corrected chi connectivity index (χ3v) is 10.9. The van der Waals surface area contributed by atoms with Gasteiger partial charge in [-0.25, -0.2) is 9.97 Å². The number of ether oxygens (including phenoxy) is 2. The number of benzene rings is 2.